The Morgan fingerprint density at radius 2 is 2.10 bits per heavy atom. The van der Waals surface area contributed by atoms with Gasteiger partial charge in [0.25, 0.3) is 0 Å². The zero-order valence-electron chi connectivity index (χ0n) is 6.84. The van der Waals surface area contributed by atoms with Gasteiger partial charge in [0.1, 0.15) is 0 Å². The van der Waals surface area contributed by atoms with Crippen molar-refractivity contribution in [3.8, 4) is 0 Å². The predicted octanol–water partition coefficient (Wildman–Crippen LogP) is 2.02. The predicted molar refractivity (Wildman–Crippen MR) is 43.0 cm³/mol. The van der Waals surface area contributed by atoms with Gasteiger partial charge in [-0.05, 0) is 25.7 Å². The second kappa shape index (κ2) is 2.54. The smallest absolute Gasteiger partial charge is 0.0108 e. The van der Waals surface area contributed by atoms with Crippen LogP contribution in [0.15, 0.2) is 0 Å². The first-order chi connectivity index (χ1) is 4.92. The highest BCUT2D eigenvalue weighted by atomic mass is 15.2. The molecule has 1 nitrogen and oxygen atoms in total. The molecule has 2 aliphatic rings. The monoisotopic (exact) mass is 139 g/mol. The maximum atomic E-state index is 2.71. The molecule has 1 heterocycles. The summed E-state index contributed by atoms with van der Waals surface area (Å²) in [7, 11) is 0. The molecule has 0 aromatic heterocycles. The topological polar surface area (TPSA) is 3.24 Å². The zero-order valence-corrected chi connectivity index (χ0v) is 6.84. The molecule has 1 heteroatoms. The Hall–Kier alpha value is -0.0400. The van der Waals surface area contributed by atoms with Gasteiger partial charge in [-0.2, -0.15) is 0 Å². The fourth-order valence-corrected chi connectivity index (χ4v) is 2.10. The van der Waals surface area contributed by atoms with E-state index in [-0.39, 0.29) is 0 Å². The van der Waals surface area contributed by atoms with E-state index in [0.717, 1.165) is 12.1 Å². The van der Waals surface area contributed by atoms with Crippen LogP contribution in [0.25, 0.3) is 0 Å². The van der Waals surface area contributed by atoms with E-state index in [1.165, 1.54) is 38.6 Å². The first-order valence-corrected chi connectivity index (χ1v) is 4.67. The second-order valence-electron chi connectivity index (χ2n) is 3.67. The molecule has 0 bridgehead atoms. The molecule has 2 rings (SSSR count). The highest BCUT2D eigenvalue weighted by molar-refractivity contribution is 4.90. The molecule has 0 aromatic rings. The van der Waals surface area contributed by atoms with Gasteiger partial charge in [0.15, 0.2) is 0 Å². The molecule has 0 radical (unpaired) electrons. The number of hydrogen-bond acceptors (Lipinski definition) is 1. The molecule has 0 aromatic carbocycles. The maximum Gasteiger partial charge on any atom is 0.0108 e. The SMILES string of the molecule is CC[C@@H]1CCN1C1CCC1. The minimum absolute atomic E-state index is 0.963. The molecule has 0 unspecified atom stereocenters. The third-order valence-corrected chi connectivity index (χ3v) is 3.20. The first-order valence-electron chi connectivity index (χ1n) is 4.67. The summed E-state index contributed by atoms with van der Waals surface area (Å²) in [5, 5.41) is 0. The van der Waals surface area contributed by atoms with Crippen molar-refractivity contribution in [2.45, 2.75) is 51.1 Å². The molecule has 2 fully saturated rings. The normalized spacial score (nSPS) is 35.1. The maximum absolute atomic E-state index is 2.71. The van der Waals surface area contributed by atoms with Gasteiger partial charge in [-0.15, -0.1) is 0 Å². The van der Waals surface area contributed by atoms with Gasteiger partial charge in [-0.25, -0.2) is 0 Å². The fraction of sp³-hybridized carbons (Fsp3) is 1.00. The summed E-state index contributed by atoms with van der Waals surface area (Å²) in [6, 6.07) is 1.96. The molecular weight excluding hydrogens is 122 g/mol. The van der Waals surface area contributed by atoms with Crippen molar-refractivity contribution >= 4 is 0 Å². The van der Waals surface area contributed by atoms with Crippen molar-refractivity contribution in [3.63, 3.8) is 0 Å². The van der Waals surface area contributed by atoms with Crippen molar-refractivity contribution in [1.29, 1.82) is 0 Å². The molecule has 0 N–H and O–H groups in total. The molecule has 1 atom stereocenters. The third kappa shape index (κ3) is 0.878. The van der Waals surface area contributed by atoms with Crippen LogP contribution in [-0.2, 0) is 0 Å². The van der Waals surface area contributed by atoms with E-state index in [1.54, 1.807) is 0 Å². The van der Waals surface area contributed by atoms with Crippen molar-refractivity contribution in [2.24, 2.45) is 0 Å². The van der Waals surface area contributed by atoms with Gasteiger partial charge in [-0.3, -0.25) is 4.90 Å². The van der Waals surface area contributed by atoms with Crippen LogP contribution in [0.5, 0.6) is 0 Å². The Labute approximate surface area is 63.4 Å². The highest BCUT2D eigenvalue weighted by Crippen LogP contribution is 2.33. The molecule has 0 spiro atoms. The lowest BCUT2D eigenvalue weighted by Gasteiger charge is -2.49. The standard InChI is InChI=1S/C9H17N/c1-2-8-6-7-10(8)9-4-3-5-9/h8-9H,2-7H2,1H3/t8-/m1/s1. The van der Waals surface area contributed by atoms with E-state index in [0.29, 0.717) is 0 Å². The molecule has 1 saturated carbocycles. The number of nitrogens with zero attached hydrogens (tertiary/aromatic N) is 1. The van der Waals surface area contributed by atoms with Crippen LogP contribution in [-0.4, -0.2) is 23.5 Å². The summed E-state index contributed by atoms with van der Waals surface area (Å²) in [6.07, 6.45) is 7.29. The first kappa shape index (κ1) is 6.66. The number of likely N-dealkylation sites (tertiary alicyclic amines) is 1. The Morgan fingerprint density at radius 3 is 2.40 bits per heavy atom. The van der Waals surface area contributed by atoms with Crippen molar-refractivity contribution in [2.75, 3.05) is 6.54 Å². The van der Waals surface area contributed by atoms with Gasteiger partial charge >= 0.3 is 0 Å². The quantitative estimate of drug-likeness (QED) is 0.565. The van der Waals surface area contributed by atoms with Crippen LogP contribution in [0.3, 0.4) is 0 Å². The van der Waals surface area contributed by atoms with Crippen LogP contribution >= 0.6 is 0 Å². The highest BCUT2D eigenvalue weighted by Gasteiger charge is 2.34. The third-order valence-electron chi connectivity index (χ3n) is 3.20. The number of rotatable bonds is 2. The van der Waals surface area contributed by atoms with E-state index in [4.69, 9.17) is 0 Å². The molecule has 0 amide bonds. The lowest BCUT2D eigenvalue weighted by atomic mass is 9.86. The Kier molecular flexibility index (Phi) is 1.69. The Bertz CT molecular complexity index is 108. The minimum atomic E-state index is 0.963. The summed E-state index contributed by atoms with van der Waals surface area (Å²) in [5.41, 5.74) is 0. The summed E-state index contributed by atoms with van der Waals surface area (Å²) < 4.78 is 0. The van der Waals surface area contributed by atoms with Gasteiger partial charge in [0, 0.05) is 18.6 Å². The van der Waals surface area contributed by atoms with Crippen LogP contribution in [0.2, 0.25) is 0 Å². The molecule has 10 heavy (non-hydrogen) atoms. The summed E-state index contributed by atoms with van der Waals surface area (Å²) >= 11 is 0. The van der Waals surface area contributed by atoms with E-state index in [2.05, 4.69) is 11.8 Å². The summed E-state index contributed by atoms with van der Waals surface area (Å²) in [5.74, 6) is 0. The number of hydrogen-bond donors (Lipinski definition) is 0. The van der Waals surface area contributed by atoms with E-state index in [9.17, 15) is 0 Å². The van der Waals surface area contributed by atoms with Crippen LogP contribution in [0.4, 0.5) is 0 Å². The van der Waals surface area contributed by atoms with Crippen LogP contribution < -0.4 is 0 Å². The molecule has 1 saturated heterocycles. The summed E-state index contributed by atoms with van der Waals surface area (Å²) in [6.45, 7) is 3.71. The molecule has 1 aliphatic heterocycles. The van der Waals surface area contributed by atoms with E-state index < -0.39 is 0 Å². The Balaban J connectivity index is 1.81. The largest absolute Gasteiger partial charge is 0.297 e. The van der Waals surface area contributed by atoms with Gasteiger partial charge in [0.05, 0.1) is 0 Å². The van der Waals surface area contributed by atoms with Gasteiger partial charge < -0.3 is 0 Å². The Morgan fingerprint density at radius 1 is 1.30 bits per heavy atom. The molecule has 1 aliphatic carbocycles. The lowest BCUT2D eigenvalue weighted by molar-refractivity contribution is 0.00377. The average Bonchev–Trinajstić information content (AvgIpc) is 1.77. The zero-order chi connectivity index (χ0) is 6.97. The van der Waals surface area contributed by atoms with Crippen molar-refractivity contribution in [1.82, 2.24) is 4.90 Å². The van der Waals surface area contributed by atoms with Crippen molar-refractivity contribution in [3.05, 3.63) is 0 Å². The second-order valence-corrected chi connectivity index (χ2v) is 3.67. The molecular formula is C9H17N. The molecule has 58 valence electrons. The minimum Gasteiger partial charge on any atom is -0.297 e. The fourth-order valence-electron chi connectivity index (χ4n) is 2.10. The van der Waals surface area contributed by atoms with Crippen LogP contribution in [0, 0.1) is 0 Å². The average molecular weight is 139 g/mol. The van der Waals surface area contributed by atoms with Crippen LogP contribution in [0.1, 0.15) is 39.0 Å². The van der Waals surface area contributed by atoms with Gasteiger partial charge in [-0.1, -0.05) is 13.3 Å². The summed E-state index contributed by atoms with van der Waals surface area (Å²) in [4.78, 5) is 2.71. The van der Waals surface area contributed by atoms with Crippen molar-refractivity contribution < 1.29 is 0 Å². The van der Waals surface area contributed by atoms with E-state index >= 15 is 0 Å². The lowest BCUT2D eigenvalue weighted by Crippen LogP contribution is -2.55. The van der Waals surface area contributed by atoms with E-state index in [1.807, 2.05) is 0 Å². The van der Waals surface area contributed by atoms with Gasteiger partial charge in [0.2, 0.25) is 0 Å².